The molecule has 0 aromatic carbocycles. The van der Waals surface area contributed by atoms with Crippen molar-refractivity contribution in [2.24, 2.45) is 5.92 Å². The Balaban J connectivity index is 2.43. The van der Waals surface area contributed by atoms with E-state index < -0.39 is 11.9 Å². The number of carbonyl (C=O) groups excluding carboxylic acids is 1. The monoisotopic (exact) mass is 214 g/mol. The quantitative estimate of drug-likeness (QED) is 0.642. The van der Waals surface area contributed by atoms with E-state index >= 15 is 0 Å². The lowest BCUT2D eigenvalue weighted by Gasteiger charge is -2.15. The molecule has 1 fully saturated rings. The minimum Gasteiger partial charge on any atom is -0.481 e. The molecular weight excluding hydrogens is 196 g/mol. The Morgan fingerprint density at radius 2 is 2.27 bits per heavy atom. The van der Waals surface area contributed by atoms with Crippen molar-refractivity contribution >= 4 is 11.9 Å². The number of rotatable bonds is 4. The zero-order chi connectivity index (χ0) is 11.4. The SMILES string of the molecule is CCC(C(=O)O)C(=O)NC1CCN(C)C1. The molecule has 2 unspecified atom stereocenters. The van der Waals surface area contributed by atoms with E-state index in [0.29, 0.717) is 6.42 Å². The van der Waals surface area contributed by atoms with Crippen molar-refractivity contribution < 1.29 is 14.7 Å². The Labute approximate surface area is 89.4 Å². The summed E-state index contributed by atoms with van der Waals surface area (Å²) in [4.78, 5) is 24.4. The molecule has 0 aromatic heterocycles. The Kier molecular flexibility index (Phi) is 4.08. The predicted octanol–water partition coefficient (Wildman–Crippen LogP) is -0.0825. The molecule has 1 heterocycles. The highest BCUT2D eigenvalue weighted by Gasteiger charge is 2.28. The largest absolute Gasteiger partial charge is 0.481 e. The summed E-state index contributed by atoms with van der Waals surface area (Å²) in [5, 5.41) is 11.6. The Morgan fingerprint density at radius 1 is 1.60 bits per heavy atom. The van der Waals surface area contributed by atoms with Crippen molar-refractivity contribution in [2.45, 2.75) is 25.8 Å². The van der Waals surface area contributed by atoms with Gasteiger partial charge in [-0.3, -0.25) is 9.59 Å². The predicted molar refractivity (Wildman–Crippen MR) is 55.5 cm³/mol. The highest BCUT2D eigenvalue weighted by atomic mass is 16.4. The maximum Gasteiger partial charge on any atom is 0.316 e. The first-order valence-electron chi connectivity index (χ1n) is 5.26. The van der Waals surface area contributed by atoms with Crippen LogP contribution >= 0.6 is 0 Å². The van der Waals surface area contributed by atoms with Crippen LogP contribution in [0.4, 0.5) is 0 Å². The second kappa shape index (κ2) is 5.11. The van der Waals surface area contributed by atoms with Gasteiger partial charge in [-0.05, 0) is 26.4 Å². The fraction of sp³-hybridized carbons (Fsp3) is 0.800. The summed E-state index contributed by atoms with van der Waals surface area (Å²) in [5.41, 5.74) is 0. The molecule has 2 N–H and O–H groups in total. The van der Waals surface area contributed by atoms with Crippen LogP contribution in [0, 0.1) is 5.92 Å². The summed E-state index contributed by atoms with van der Waals surface area (Å²) in [5.74, 6) is -2.30. The molecule has 0 aliphatic carbocycles. The minimum atomic E-state index is -1.04. The zero-order valence-electron chi connectivity index (χ0n) is 9.19. The van der Waals surface area contributed by atoms with E-state index in [-0.39, 0.29) is 11.9 Å². The van der Waals surface area contributed by atoms with E-state index in [1.807, 2.05) is 7.05 Å². The average Bonchev–Trinajstić information content (AvgIpc) is 2.51. The molecule has 0 bridgehead atoms. The van der Waals surface area contributed by atoms with Gasteiger partial charge in [0.2, 0.25) is 5.91 Å². The number of amides is 1. The van der Waals surface area contributed by atoms with Crippen LogP contribution in [-0.2, 0) is 9.59 Å². The molecule has 1 aliphatic heterocycles. The van der Waals surface area contributed by atoms with E-state index in [4.69, 9.17) is 5.11 Å². The third-order valence-corrected chi connectivity index (χ3v) is 2.76. The van der Waals surface area contributed by atoms with Crippen LogP contribution in [-0.4, -0.2) is 48.1 Å². The minimum absolute atomic E-state index is 0.107. The van der Waals surface area contributed by atoms with Crippen LogP contribution in [0.1, 0.15) is 19.8 Å². The molecule has 0 spiro atoms. The van der Waals surface area contributed by atoms with Crippen molar-refractivity contribution in [3.63, 3.8) is 0 Å². The van der Waals surface area contributed by atoms with Crippen molar-refractivity contribution in [3.8, 4) is 0 Å². The van der Waals surface area contributed by atoms with Crippen molar-refractivity contribution in [3.05, 3.63) is 0 Å². The average molecular weight is 214 g/mol. The second-order valence-corrected chi connectivity index (χ2v) is 4.06. The molecule has 1 rings (SSSR count). The normalized spacial score (nSPS) is 23.7. The Morgan fingerprint density at radius 3 is 2.67 bits per heavy atom. The molecule has 86 valence electrons. The molecule has 0 saturated carbocycles. The van der Waals surface area contributed by atoms with Gasteiger partial charge in [-0.2, -0.15) is 0 Å². The standard InChI is InChI=1S/C10H18N2O3/c1-3-8(10(14)15)9(13)11-7-4-5-12(2)6-7/h7-8H,3-6H2,1-2H3,(H,11,13)(H,14,15). The maximum absolute atomic E-state index is 11.6. The van der Waals surface area contributed by atoms with Gasteiger partial charge in [0.25, 0.3) is 0 Å². The first-order valence-corrected chi connectivity index (χ1v) is 5.26. The number of carbonyl (C=O) groups is 2. The number of nitrogens with one attached hydrogen (secondary N) is 1. The van der Waals surface area contributed by atoms with Crippen molar-refractivity contribution in [2.75, 3.05) is 20.1 Å². The van der Waals surface area contributed by atoms with E-state index in [1.54, 1.807) is 6.92 Å². The number of likely N-dealkylation sites (tertiary alicyclic amines) is 1. The van der Waals surface area contributed by atoms with Gasteiger partial charge in [0.05, 0.1) is 0 Å². The van der Waals surface area contributed by atoms with Crippen molar-refractivity contribution in [1.29, 1.82) is 0 Å². The van der Waals surface area contributed by atoms with Crippen LogP contribution < -0.4 is 5.32 Å². The van der Waals surface area contributed by atoms with Crippen LogP contribution in [0.2, 0.25) is 0 Å². The van der Waals surface area contributed by atoms with E-state index in [0.717, 1.165) is 19.5 Å². The zero-order valence-corrected chi connectivity index (χ0v) is 9.19. The van der Waals surface area contributed by atoms with Crippen LogP contribution in [0.3, 0.4) is 0 Å². The number of carboxylic acid groups (broad SMARTS) is 1. The molecule has 1 amide bonds. The summed E-state index contributed by atoms with van der Waals surface area (Å²) < 4.78 is 0. The topological polar surface area (TPSA) is 69.6 Å². The van der Waals surface area contributed by atoms with Gasteiger partial charge in [0.1, 0.15) is 5.92 Å². The molecular formula is C10H18N2O3. The molecule has 0 radical (unpaired) electrons. The molecule has 5 heteroatoms. The first-order chi connectivity index (χ1) is 7.04. The number of nitrogens with zero attached hydrogens (tertiary/aromatic N) is 1. The molecule has 0 aromatic rings. The molecule has 1 aliphatic rings. The molecule has 1 saturated heterocycles. The first kappa shape index (κ1) is 12.0. The Hall–Kier alpha value is -1.10. The van der Waals surface area contributed by atoms with Gasteiger partial charge in [-0.15, -0.1) is 0 Å². The van der Waals surface area contributed by atoms with E-state index in [2.05, 4.69) is 10.2 Å². The Bertz CT molecular complexity index is 255. The van der Waals surface area contributed by atoms with E-state index in [1.165, 1.54) is 0 Å². The van der Waals surface area contributed by atoms with Gasteiger partial charge in [-0.1, -0.05) is 6.92 Å². The summed E-state index contributed by atoms with van der Waals surface area (Å²) in [6.45, 7) is 3.47. The highest BCUT2D eigenvalue weighted by Crippen LogP contribution is 2.09. The van der Waals surface area contributed by atoms with Crippen molar-refractivity contribution in [1.82, 2.24) is 10.2 Å². The van der Waals surface area contributed by atoms with Crippen LogP contribution in [0.5, 0.6) is 0 Å². The second-order valence-electron chi connectivity index (χ2n) is 4.06. The number of likely N-dealkylation sites (N-methyl/N-ethyl adjacent to an activating group) is 1. The van der Waals surface area contributed by atoms with Gasteiger partial charge in [0.15, 0.2) is 0 Å². The lowest BCUT2D eigenvalue weighted by atomic mass is 10.1. The van der Waals surface area contributed by atoms with Gasteiger partial charge < -0.3 is 15.3 Å². The summed E-state index contributed by atoms with van der Waals surface area (Å²) >= 11 is 0. The lowest BCUT2D eigenvalue weighted by molar-refractivity contribution is -0.147. The summed E-state index contributed by atoms with van der Waals surface area (Å²) in [6, 6.07) is 0.107. The molecule has 15 heavy (non-hydrogen) atoms. The number of hydrogen-bond acceptors (Lipinski definition) is 3. The number of hydrogen-bond donors (Lipinski definition) is 2. The van der Waals surface area contributed by atoms with Gasteiger partial charge in [0, 0.05) is 12.6 Å². The van der Waals surface area contributed by atoms with Gasteiger partial charge >= 0.3 is 5.97 Å². The third-order valence-electron chi connectivity index (χ3n) is 2.76. The fourth-order valence-electron chi connectivity index (χ4n) is 1.83. The van der Waals surface area contributed by atoms with E-state index in [9.17, 15) is 9.59 Å². The molecule has 5 nitrogen and oxygen atoms in total. The summed E-state index contributed by atoms with van der Waals surface area (Å²) in [7, 11) is 1.99. The highest BCUT2D eigenvalue weighted by molar-refractivity contribution is 5.96. The van der Waals surface area contributed by atoms with Gasteiger partial charge in [-0.25, -0.2) is 0 Å². The smallest absolute Gasteiger partial charge is 0.316 e. The fourth-order valence-corrected chi connectivity index (χ4v) is 1.83. The third kappa shape index (κ3) is 3.20. The van der Waals surface area contributed by atoms with Crippen LogP contribution in [0.15, 0.2) is 0 Å². The maximum atomic E-state index is 11.6. The molecule has 2 atom stereocenters. The summed E-state index contributed by atoms with van der Waals surface area (Å²) in [6.07, 6.45) is 1.24. The number of carboxylic acids is 1. The number of aliphatic carboxylic acids is 1. The lowest BCUT2D eigenvalue weighted by Crippen LogP contribution is -2.42. The van der Waals surface area contributed by atoms with Crippen LogP contribution in [0.25, 0.3) is 0 Å².